The summed E-state index contributed by atoms with van der Waals surface area (Å²) < 4.78 is 0. The van der Waals surface area contributed by atoms with Crippen LogP contribution in [-0.2, 0) is 0 Å². The Hall–Kier alpha value is -0.715. The van der Waals surface area contributed by atoms with E-state index in [0.717, 1.165) is 17.6 Å². The number of hydrogen-bond acceptors (Lipinski definition) is 0. The van der Waals surface area contributed by atoms with E-state index in [9.17, 15) is 0 Å². The molecule has 0 atom stereocenters. The van der Waals surface area contributed by atoms with Gasteiger partial charge in [-0.2, -0.15) is 0 Å². The fraction of sp³-hybridized carbons (Fsp3) is 0.333. The average Bonchev–Trinajstić information content (AvgIpc) is 1.87. The smallest absolute Gasteiger partial charge is 0.106 e. The van der Waals surface area contributed by atoms with E-state index in [4.69, 9.17) is 7.85 Å². The lowest BCUT2D eigenvalue weighted by Gasteiger charge is -1.99. The Morgan fingerprint density at radius 2 is 2.00 bits per heavy atom. The highest BCUT2D eigenvalue weighted by Crippen LogP contribution is 2.07. The molecule has 0 nitrogen and oxygen atoms in total. The fourth-order valence-electron chi connectivity index (χ4n) is 0.501. The lowest BCUT2D eigenvalue weighted by atomic mass is 9.90. The van der Waals surface area contributed by atoms with E-state index in [1.807, 2.05) is 13.0 Å². The molecule has 0 saturated heterocycles. The average molecular weight is 132 g/mol. The zero-order valence-electron chi connectivity index (χ0n) is 6.78. The molecule has 0 aliphatic heterocycles. The van der Waals surface area contributed by atoms with Gasteiger partial charge in [-0.05, 0) is 13.3 Å². The molecule has 0 saturated carbocycles. The Labute approximate surface area is 64.7 Å². The Morgan fingerprint density at radius 1 is 1.50 bits per heavy atom. The van der Waals surface area contributed by atoms with E-state index >= 15 is 0 Å². The first-order valence-corrected chi connectivity index (χ1v) is 3.38. The molecular formula is C9H13B. The van der Waals surface area contributed by atoms with Crippen molar-refractivity contribution in [2.75, 3.05) is 0 Å². The quantitative estimate of drug-likeness (QED) is 0.409. The van der Waals surface area contributed by atoms with Gasteiger partial charge >= 0.3 is 0 Å². The maximum atomic E-state index is 5.44. The zero-order chi connectivity index (χ0) is 8.15. The standard InChI is InChI=1S/C9H13B/c1-5-7(2)6-8(3)9(4)10/h6H,2,4-5H2,1,3H3/b8-6-. The topological polar surface area (TPSA) is 0 Å². The highest BCUT2D eigenvalue weighted by molar-refractivity contribution is 6.23. The molecule has 0 bridgehead atoms. The second kappa shape index (κ2) is 4.16. The van der Waals surface area contributed by atoms with Crippen LogP contribution < -0.4 is 0 Å². The minimum absolute atomic E-state index is 0.620. The third-order valence-electron chi connectivity index (χ3n) is 1.38. The van der Waals surface area contributed by atoms with Gasteiger partial charge in [0.15, 0.2) is 0 Å². The molecule has 0 fully saturated rings. The van der Waals surface area contributed by atoms with Crippen LogP contribution in [0, 0.1) is 0 Å². The lowest BCUT2D eigenvalue weighted by molar-refractivity contribution is 1.15. The van der Waals surface area contributed by atoms with Crippen LogP contribution in [0.15, 0.2) is 35.9 Å². The summed E-state index contributed by atoms with van der Waals surface area (Å²) in [6.45, 7) is 11.4. The number of hydrogen-bond donors (Lipinski definition) is 0. The Bertz CT molecular complexity index is 175. The maximum absolute atomic E-state index is 5.44. The van der Waals surface area contributed by atoms with Crippen LogP contribution in [0.3, 0.4) is 0 Å². The number of allylic oxidation sites excluding steroid dienone is 4. The van der Waals surface area contributed by atoms with Gasteiger partial charge < -0.3 is 0 Å². The molecule has 0 aliphatic rings. The SMILES string of the molecule is [B]C(=C)/C(C)=C\C(=C)CC. The van der Waals surface area contributed by atoms with Gasteiger partial charge in [-0.1, -0.05) is 30.7 Å². The largest absolute Gasteiger partial charge is 0.113 e. The molecular weight excluding hydrogens is 119 g/mol. The van der Waals surface area contributed by atoms with Crippen molar-refractivity contribution in [1.29, 1.82) is 0 Å². The van der Waals surface area contributed by atoms with Crippen molar-refractivity contribution in [3.8, 4) is 0 Å². The third-order valence-corrected chi connectivity index (χ3v) is 1.38. The molecule has 0 N–H and O–H groups in total. The zero-order valence-corrected chi connectivity index (χ0v) is 6.78. The van der Waals surface area contributed by atoms with Gasteiger partial charge in [0.2, 0.25) is 0 Å². The van der Waals surface area contributed by atoms with Crippen molar-refractivity contribution in [2.45, 2.75) is 20.3 Å². The van der Waals surface area contributed by atoms with Gasteiger partial charge in [0.1, 0.15) is 7.85 Å². The second-order valence-corrected chi connectivity index (χ2v) is 2.36. The predicted molar refractivity (Wildman–Crippen MR) is 48.1 cm³/mol. The van der Waals surface area contributed by atoms with Gasteiger partial charge in [0.05, 0.1) is 0 Å². The summed E-state index contributed by atoms with van der Waals surface area (Å²) in [5, 5.41) is 0. The Morgan fingerprint density at radius 3 is 2.30 bits per heavy atom. The van der Waals surface area contributed by atoms with Crippen molar-refractivity contribution in [3.05, 3.63) is 35.9 Å². The predicted octanol–water partition coefficient (Wildman–Crippen LogP) is 2.58. The summed E-state index contributed by atoms with van der Waals surface area (Å²) in [6.07, 6.45) is 2.92. The van der Waals surface area contributed by atoms with E-state index in [-0.39, 0.29) is 0 Å². The normalized spacial score (nSPS) is 11.2. The van der Waals surface area contributed by atoms with Gasteiger partial charge in [-0.25, -0.2) is 0 Å². The minimum atomic E-state index is 0.620. The van der Waals surface area contributed by atoms with Crippen molar-refractivity contribution in [1.82, 2.24) is 0 Å². The second-order valence-electron chi connectivity index (χ2n) is 2.36. The summed E-state index contributed by atoms with van der Waals surface area (Å²) >= 11 is 0. The van der Waals surface area contributed by atoms with E-state index in [2.05, 4.69) is 20.1 Å². The Kier molecular flexibility index (Phi) is 3.86. The third kappa shape index (κ3) is 3.34. The molecule has 0 aromatic heterocycles. The van der Waals surface area contributed by atoms with E-state index < -0.39 is 0 Å². The monoisotopic (exact) mass is 132 g/mol. The molecule has 1 heteroatoms. The molecule has 0 heterocycles. The highest BCUT2D eigenvalue weighted by atomic mass is 13.9. The lowest BCUT2D eigenvalue weighted by Crippen LogP contribution is -1.82. The van der Waals surface area contributed by atoms with Crippen LogP contribution in [0.1, 0.15) is 20.3 Å². The first-order chi connectivity index (χ1) is 4.57. The van der Waals surface area contributed by atoms with Gasteiger partial charge in [0, 0.05) is 0 Å². The van der Waals surface area contributed by atoms with Crippen molar-refractivity contribution in [2.24, 2.45) is 0 Å². The molecule has 10 heavy (non-hydrogen) atoms. The first-order valence-electron chi connectivity index (χ1n) is 3.38. The maximum Gasteiger partial charge on any atom is 0.113 e. The van der Waals surface area contributed by atoms with E-state index in [1.54, 1.807) is 0 Å². The molecule has 0 aromatic rings. The molecule has 0 spiro atoms. The van der Waals surface area contributed by atoms with Crippen LogP contribution in [0.5, 0.6) is 0 Å². The summed E-state index contributed by atoms with van der Waals surface area (Å²) in [5.74, 6) is 0. The summed E-state index contributed by atoms with van der Waals surface area (Å²) in [4.78, 5) is 0. The molecule has 0 aliphatic carbocycles. The van der Waals surface area contributed by atoms with Gasteiger partial charge in [0.25, 0.3) is 0 Å². The van der Waals surface area contributed by atoms with Crippen molar-refractivity contribution < 1.29 is 0 Å². The van der Waals surface area contributed by atoms with Crippen molar-refractivity contribution >= 4 is 7.85 Å². The summed E-state index contributed by atoms with van der Waals surface area (Å²) in [5.41, 5.74) is 2.71. The molecule has 0 rings (SSSR count). The molecule has 2 radical (unpaired) electrons. The van der Waals surface area contributed by atoms with Crippen molar-refractivity contribution in [3.63, 3.8) is 0 Å². The van der Waals surface area contributed by atoms with Crippen LogP contribution in [0.4, 0.5) is 0 Å². The van der Waals surface area contributed by atoms with Crippen LogP contribution in [-0.4, -0.2) is 7.85 Å². The highest BCUT2D eigenvalue weighted by Gasteiger charge is 1.88. The first kappa shape index (κ1) is 9.28. The molecule has 0 amide bonds. The van der Waals surface area contributed by atoms with Gasteiger partial charge in [-0.15, -0.1) is 12.1 Å². The molecule has 0 unspecified atom stereocenters. The van der Waals surface area contributed by atoms with Crippen LogP contribution in [0.25, 0.3) is 0 Å². The minimum Gasteiger partial charge on any atom is -0.106 e. The molecule has 0 aromatic carbocycles. The van der Waals surface area contributed by atoms with E-state index in [0.29, 0.717) is 5.47 Å². The summed E-state index contributed by atoms with van der Waals surface area (Å²) in [7, 11) is 5.44. The van der Waals surface area contributed by atoms with E-state index in [1.165, 1.54) is 0 Å². The van der Waals surface area contributed by atoms with Crippen LogP contribution in [0.2, 0.25) is 0 Å². The van der Waals surface area contributed by atoms with Crippen LogP contribution >= 0.6 is 0 Å². The number of rotatable bonds is 3. The van der Waals surface area contributed by atoms with Gasteiger partial charge in [-0.3, -0.25) is 0 Å². The Balaban J connectivity index is 4.16. The molecule has 52 valence electrons. The fourth-order valence-corrected chi connectivity index (χ4v) is 0.501. The summed E-state index contributed by atoms with van der Waals surface area (Å²) in [6, 6.07) is 0.